The third kappa shape index (κ3) is 2.17. The first-order valence-corrected chi connectivity index (χ1v) is 3.80. The molecule has 1 saturated heterocycles. The van der Waals surface area contributed by atoms with Gasteiger partial charge in [-0.15, -0.1) is 0 Å². The number of hydrogen-bond acceptors (Lipinski definition) is 2. The molecule has 63 valence electrons. The van der Waals surface area contributed by atoms with Gasteiger partial charge in [-0.3, -0.25) is 4.79 Å². The molecule has 1 rings (SSSR count). The molecule has 4 nitrogen and oxygen atoms in total. The van der Waals surface area contributed by atoms with Crippen molar-refractivity contribution in [3.05, 3.63) is 0 Å². The highest BCUT2D eigenvalue weighted by molar-refractivity contribution is 5.81. The van der Waals surface area contributed by atoms with Gasteiger partial charge in [-0.05, 0) is 0 Å². The van der Waals surface area contributed by atoms with Gasteiger partial charge in [0.05, 0.1) is 0 Å². The summed E-state index contributed by atoms with van der Waals surface area (Å²) in [6, 6.07) is -0.154. The Morgan fingerprint density at radius 3 is 2.82 bits per heavy atom. The molecule has 1 aliphatic rings. The fourth-order valence-corrected chi connectivity index (χ4v) is 1.07. The van der Waals surface area contributed by atoms with E-state index < -0.39 is 0 Å². The number of carbonyl (C=O) groups is 1. The van der Waals surface area contributed by atoms with Crippen molar-refractivity contribution < 1.29 is 4.79 Å². The lowest BCUT2D eigenvalue weighted by molar-refractivity contribution is -0.131. The summed E-state index contributed by atoms with van der Waals surface area (Å²) in [5.41, 5.74) is 0. The number of carbonyl (C=O) groups excluding carboxylic acids is 1. The largest absolute Gasteiger partial charge is 0.347 e. The van der Waals surface area contributed by atoms with Crippen LogP contribution in [0.5, 0.6) is 0 Å². The van der Waals surface area contributed by atoms with Gasteiger partial charge in [0, 0.05) is 33.7 Å². The number of likely N-dealkylation sites (N-methyl/N-ethyl adjacent to an activating group) is 1. The predicted octanol–water partition coefficient (Wildman–Crippen LogP) is -1.35. The van der Waals surface area contributed by atoms with Crippen molar-refractivity contribution in [1.29, 1.82) is 0 Å². The van der Waals surface area contributed by atoms with Crippen LogP contribution in [-0.4, -0.2) is 50.6 Å². The first-order chi connectivity index (χ1) is 5.22. The minimum absolute atomic E-state index is 0.0946. The number of piperazine rings is 1. The molecule has 0 aromatic heterocycles. The minimum atomic E-state index is -0.154. The molecule has 0 bridgehead atoms. The smallest absolute Gasteiger partial charge is 0.242 e. The number of nitrogens with zero attached hydrogens (tertiary/aromatic N) is 2. The summed E-state index contributed by atoms with van der Waals surface area (Å²) >= 11 is 0. The highest BCUT2D eigenvalue weighted by Gasteiger charge is 2.22. The van der Waals surface area contributed by atoms with E-state index in [0.29, 0.717) is 6.54 Å². The van der Waals surface area contributed by atoms with E-state index in [1.165, 1.54) is 0 Å². The van der Waals surface area contributed by atoms with Gasteiger partial charge in [-0.2, -0.15) is 0 Å². The van der Waals surface area contributed by atoms with Crippen LogP contribution in [0.4, 0.5) is 0 Å². The Kier molecular flexibility index (Phi) is 2.84. The fraction of sp³-hybridized carbons (Fsp3) is 0.857. The van der Waals surface area contributed by atoms with E-state index >= 15 is 0 Å². The number of amides is 1. The maximum absolute atomic E-state index is 11.3. The standard InChI is InChI=1S/C7H14N3O/c1-10(2)7(11)6-5-8-3-4-9-6/h6,8H,3-5H2,1-2H3. The Balaban J connectivity index is 2.39. The molecule has 0 saturated carbocycles. The van der Waals surface area contributed by atoms with Crippen molar-refractivity contribution in [2.75, 3.05) is 33.7 Å². The van der Waals surface area contributed by atoms with E-state index in [9.17, 15) is 4.79 Å². The summed E-state index contributed by atoms with van der Waals surface area (Å²) in [5.74, 6) is 0.0946. The summed E-state index contributed by atoms with van der Waals surface area (Å²) < 4.78 is 0. The Morgan fingerprint density at radius 1 is 1.64 bits per heavy atom. The Bertz CT molecular complexity index is 141. The lowest BCUT2D eigenvalue weighted by Gasteiger charge is -2.24. The topological polar surface area (TPSA) is 46.4 Å². The maximum atomic E-state index is 11.3. The predicted molar refractivity (Wildman–Crippen MR) is 42.4 cm³/mol. The van der Waals surface area contributed by atoms with Gasteiger partial charge in [-0.25, -0.2) is 5.32 Å². The van der Waals surface area contributed by atoms with Crippen molar-refractivity contribution in [1.82, 2.24) is 15.5 Å². The van der Waals surface area contributed by atoms with Crippen molar-refractivity contribution in [3.63, 3.8) is 0 Å². The molecule has 1 fully saturated rings. The average molecular weight is 156 g/mol. The van der Waals surface area contributed by atoms with E-state index in [0.717, 1.165) is 13.1 Å². The van der Waals surface area contributed by atoms with Crippen LogP contribution < -0.4 is 10.6 Å². The zero-order valence-electron chi connectivity index (χ0n) is 7.00. The normalized spacial score (nSPS) is 24.7. The van der Waals surface area contributed by atoms with Crippen molar-refractivity contribution in [2.24, 2.45) is 0 Å². The molecule has 11 heavy (non-hydrogen) atoms. The van der Waals surface area contributed by atoms with E-state index in [4.69, 9.17) is 0 Å². The van der Waals surface area contributed by atoms with E-state index in [1.54, 1.807) is 19.0 Å². The van der Waals surface area contributed by atoms with Crippen molar-refractivity contribution in [3.8, 4) is 0 Å². The van der Waals surface area contributed by atoms with E-state index in [-0.39, 0.29) is 11.9 Å². The molecule has 0 spiro atoms. The van der Waals surface area contributed by atoms with Gasteiger partial charge in [0.2, 0.25) is 5.91 Å². The first kappa shape index (κ1) is 8.49. The van der Waals surface area contributed by atoms with Crippen molar-refractivity contribution >= 4 is 5.91 Å². The monoisotopic (exact) mass is 156 g/mol. The maximum Gasteiger partial charge on any atom is 0.242 e. The molecular weight excluding hydrogens is 142 g/mol. The zero-order valence-corrected chi connectivity index (χ0v) is 7.00. The van der Waals surface area contributed by atoms with Crippen LogP contribution in [0, 0.1) is 0 Å². The van der Waals surface area contributed by atoms with Gasteiger partial charge < -0.3 is 10.2 Å². The molecule has 0 aromatic rings. The van der Waals surface area contributed by atoms with Crippen LogP contribution >= 0.6 is 0 Å². The number of nitrogens with one attached hydrogen (secondary N) is 1. The van der Waals surface area contributed by atoms with E-state index in [2.05, 4.69) is 10.6 Å². The average Bonchev–Trinajstić information content (AvgIpc) is 2.05. The highest BCUT2D eigenvalue weighted by atomic mass is 16.2. The highest BCUT2D eigenvalue weighted by Crippen LogP contribution is 1.93. The molecule has 1 amide bonds. The summed E-state index contributed by atoms with van der Waals surface area (Å²) in [5, 5.41) is 7.33. The molecule has 1 unspecified atom stereocenters. The summed E-state index contributed by atoms with van der Waals surface area (Å²) in [7, 11) is 3.51. The first-order valence-electron chi connectivity index (χ1n) is 3.80. The summed E-state index contributed by atoms with van der Waals surface area (Å²) in [6.45, 7) is 2.35. The van der Waals surface area contributed by atoms with Gasteiger partial charge in [0.1, 0.15) is 6.04 Å². The fourth-order valence-electron chi connectivity index (χ4n) is 1.07. The number of rotatable bonds is 1. The second-order valence-electron chi connectivity index (χ2n) is 2.86. The Labute approximate surface area is 66.9 Å². The molecule has 0 aromatic carbocycles. The number of hydrogen-bond donors (Lipinski definition) is 1. The lowest BCUT2D eigenvalue weighted by atomic mass is 10.2. The van der Waals surface area contributed by atoms with Crippen LogP contribution in [0.25, 0.3) is 0 Å². The third-order valence-corrected chi connectivity index (χ3v) is 1.70. The van der Waals surface area contributed by atoms with Crippen molar-refractivity contribution in [2.45, 2.75) is 6.04 Å². The molecule has 4 heteroatoms. The second-order valence-corrected chi connectivity index (χ2v) is 2.86. The van der Waals surface area contributed by atoms with Crippen LogP contribution in [-0.2, 0) is 4.79 Å². The van der Waals surface area contributed by atoms with Crippen LogP contribution in [0.3, 0.4) is 0 Å². The molecule has 0 aliphatic carbocycles. The zero-order chi connectivity index (χ0) is 8.27. The van der Waals surface area contributed by atoms with Crippen LogP contribution in [0.2, 0.25) is 0 Å². The van der Waals surface area contributed by atoms with Crippen LogP contribution in [0.1, 0.15) is 0 Å². The quantitative estimate of drug-likeness (QED) is 0.510. The van der Waals surface area contributed by atoms with E-state index in [1.807, 2.05) is 0 Å². The lowest BCUT2D eigenvalue weighted by Crippen LogP contribution is -2.51. The Hall–Kier alpha value is -0.610. The third-order valence-electron chi connectivity index (χ3n) is 1.70. The van der Waals surface area contributed by atoms with Gasteiger partial charge in [0.25, 0.3) is 0 Å². The molecule has 1 aliphatic heterocycles. The Morgan fingerprint density at radius 2 is 2.36 bits per heavy atom. The van der Waals surface area contributed by atoms with Crippen LogP contribution in [0.15, 0.2) is 0 Å². The molecule has 1 atom stereocenters. The molecule has 1 radical (unpaired) electrons. The molecule has 1 N–H and O–H groups in total. The summed E-state index contributed by atoms with van der Waals surface area (Å²) in [6.07, 6.45) is 0. The van der Waals surface area contributed by atoms with Gasteiger partial charge in [-0.1, -0.05) is 0 Å². The SMILES string of the molecule is CN(C)C(=O)C1CNCC[N]1. The van der Waals surface area contributed by atoms with Gasteiger partial charge >= 0.3 is 0 Å². The van der Waals surface area contributed by atoms with Gasteiger partial charge in [0.15, 0.2) is 0 Å². The second kappa shape index (κ2) is 3.69. The molecule has 1 heterocycles. The minimum Gasteiger partial charge on any atom is -0.347 e. The summed E-state index contributed by atoms with van der Waals surface area (Å²) in [4.78, 5) is 12.9. The molecular formula is C7H14N3O.